The monoisotopic (exact) mass is 2040 g/mol. The van der Waals surface area contributed by atoms with Gasteiger partial charge in [-0.2, -0.15) is 5.26 Å². The molecular formula is C96H108ClF6N10NaO15S7. The number of ketones is 3. The number of esters is 1. The van der Waals surface area contributed by atoms with Gasteiger partial charge in [0, 0.05) is 118 Å². The summed E-state index contributed by atoms with van der Waals surface area (Å²) in [4.78, 5) is 59.6. The number of nitrogens with two attached hydrogens (primary N) is 3. The Hall–Kier alpha value is -9.93. The molecule has 40 heteroatoms. The number of sulfonamides is 2. The van der Waals surface area contributed by atoms with Gasteiger partial charge < -0.3 is 65.2 Å². The number of nitrogen functional groups attached to an aromatic ring is 3. The van der Waals surface area contributed by atoms with E-state index >= 15 is 0 Å². The predicted octanol–water partition coefficient (Wildman–Crippen LogP) is 16.7. The molecule has 4 aliphatic rings. The Balaban J connectivity index is 0.000000209. The van der Waals surface area contributed by atoms with E-state index in [0.29, 0.717) is 78.2 Å². The molecule has 0 radical (unpaired) electrons. The van der Waals surface area contributed by atoms with Crippen molar-refractivity contribution < 1.29 is 124 Å². The zero-order valence-corrected chi connectivity index (χ0v) is 86.6. The Morgan fingerprint density at radius 1 is 0.426 bits per heavy atom. The standard InChI is InChI=1S/2C25H26F2N2O4S2.C19H24N2O2S.C13H20N2O.C6H3ClF2O2S.C6H7NO2S.C2H3N.Na/c2*1-15-12-16(2)24(29-7-9-33-10-8-29)17(3)19(15)14-23(30)25-22(6-11-34-25)28-35(31,32)18-4-5-20(26)21(27)13-18;1-12-10-13(2)18(21-5-7-23-8-6-21)14(3)15(12)11-17(22)19-16(20)4-9-24-19;1-9-8-10(2)13(11(3)12(9)14)15-4-6-16-7-5-15;7-12(10,11)4-1-2-5(8)6(9)3-4;1-9-6(8)5-4(7)2-3-10-5;1-2-3;/h4-6,11-13H,7-10,14H2,1-3H3,(H,28,30);4-6,11-13,28H,7-10,14H2,1-3H3;4,9-10H,5-8,11,20H2,1-3H3;8H,4-7,14H2,1-3H3;1-3H;2-3H,7H2,1H3;1H3;/q;;;;;;;+1/p-1. The summed E-state index contributed by atoms with van der Waals surface area (Å²) in [5.74, 6) is -7.96. The van der Waals surface area contributed by atoms with Crippen LogP contribution in [-0.4, -0.2) is 161 Å². The molecule has 4 aliphatic heterocycles. The van der Waals surface area contributed by atoms with Gasteiger partial charge in [0.25, 0.3) is 19.1 Å². The van der Waals surface area contributed by atoms with Gasteiger partial charge in [0.1, 0.15) is 14.9 Å². The van der Waals surface area contributed by atoms with Gasteiger partial charge in [0.2, 0.25) is 0 Å². The van der Waals surface area contributed by atoms with Crippen LogP contribution in [0.5, 0.6) is 0 Å². The number of nitriles is 1. The summed E-state index contributed by atoms with van der Waals surface area (Å²) in [6.45, 7) is 38.7. The molecule has 724 valence electrons. The van der Waals surface area contributed by atoms with Crippen molar-refractivity contribution in [2.45, 2.75) is 124 Å². The van der Waals surface area contributed by atoms with Crippen molar-refractivity contribution >= 4 is 160 Å². The molecule has 7 N–H and O–H groups in total. The first-order valence-electron chi connectivity index (χ1n) is 42.4. The van der Waals surface area contributed by atoms with Gasteiger partial charge in [-0.1, -0.05) is 30.3 Å². The molecule has 0 unspecified atom stereocenters. The van der Waals surface area contributed by atoms with Crippen molar-refractivity contribution in [3.8, 4) is 6.07 Å². The number of hydrogen-bond acceptors (Lipinski definition) is 27. The Morgan fingerprint density at radius 3 is 1.10 bits per heavy atom. The minimum absolute atomic E-state index is 0. The first kappa shape index (κ1) is 111. The van der Waals surface area contributed by atoms with Gasteiger partial charge in [0.15, 0.2) is 52.3 Å². The van der Waals surface area contributed by atoms with Gasteiger partial charge >= 0.3 is 35.5 Å². The predicted molar refractivity (Wildman–Crippen MR) is 525 cm³/mol. The number of aryl methyl sites for hydroxylation is 8. The zero-order chi connectivity index (χ0) is 99.3. The molecule has 0 bridgehead atoms. The van der Waals surface area contributed by atoms with E-state index in [-0.39, 0.29) is 86.8 Å². The van der Waals surface area contributed by atoms with Gasteiger partial charge in [-0.15, -0.1) is 51.0 Å². The van der Waals surface area contributed by atoms with E-state index in [0.717, 1.165) is 199 Å². The quantitative estimate of drug-likeness (QED) is 0.0130. The third-order valence-corrected chi connectivity index (χ3v) is 30.2. The van der Waals surface area contributed by atoms with E-state index in [4.69, 9.17) is 52.1 Å². The van der Waals surface area contributed by atoms with Crippen LogP contribution >= 0.6 is 56.0 Å². The van der Waals surface area contributed by atoms with Crippen LogP contribution in [0.4, 0.5) is 77.5 Å². The maximum absolute atomic E-state index is 13.6. The van der Waals surface area contributed by atoms with E-state index in [2.05, 4.69) is 113 Å². The van der Waals surface area contributed by atoms with Gasteiger partial charge in [-0.3, -0.25) is 19.1 Å². The third-order valence-electron chi connectivity index (χ3n) is 22.4. The largest absolute Gasteiger partial charge is 1.00 e. The number of carbonyl (C=O) groups is 4. The maximum Gasteiger partial charge on any atom is 1.00 e. The van der Waals surface area contributed by atoms with Crippen LogP contribution in [0, 0.1) is 129 Å². The number of methoxy groups -OCH3 is 1. The first-order valence-corrected chi connectivity index (χ1v) is 51.2. The number of Topliss-reactive ketones (excluding diaryl/α,β-unsaturated/α-hetero) is 3. The van der Waals surface area contributed by atoms with Crippen molar-refractivity contribution in [2.75, 3.05) is 154 Å². The fraction of sp³-hybridized carbons (Fsp3) is 0.344. The number of rotatable bonds is 21. The second kappa shape index (κ2) is 50.6. The molecule has 0 atom stereocenters. The van der Waals surface area contributed by atoms with Crippen molar-refractivity contribution in [1.29, 1.82) is 5.26 Å². The molecule has 0 saturated carbocycles. The number of nitrogens with one attached hydrogen (secondary N) is 1. The molecule has 15 rings (SSSR count). The van der Waals surface area contributed by atoms with E-state index in [1.165, 1.54) is 93.6 Å². The average Bonchev–Trinajstić information content (AvgIpc) is 1.25. The summed E-state index contributed by atoms with van der Waals surface area (Å²) >= 11 is 4.93. The molecule has 7 aromatic carbocycles. The second-order valence-electron chi connectivity index (χ2n) is 31.7. The molecule has 4 aromatic heterocycles. The molecule has 8 heterocycles. The first-order chi connectivity index (χ1) is 63.8. The van der Waals surface area contributed by atoms with Crippen LogP contribution in [0.15, 0.2) is 139 Å². The number of nitrogens with zero attached hydrogens (tertiary/aromatic N) is 6. The van der Waals surface area contributed by atoms with Crippen LogP contribution in [0.1, 0.15) is 129 Å². The van der Waals surface area contributed by atoms with E-state index in [9.17, 15) is 70.8 Å². The number of carbonyl (C=O) groups excluding carboxylic acids is 4. The molecule has 0 amide bonds. The maximum atomic E-state index is 13.6. The van der Waals surface area contributed by atoms with E-state index in [1.807, 2.05) is 33.1 Å². The van der Waals surface area contributed by atoms with Crippen molar-refractivity contribution in [3.63, 3.8) is 0 Å². The minimum Gasteiger partial charge on any atom is -0.571 e. The van der Waals surface area contributed by atoms with E-state index in [1.54, 1.807) is 34.3 Å². The SMILES string of the molecule is CC#N.COC(=O)c1sccc1N.Cc1cc(C)c(N2CCOCC2)c(C)c1CC(=O)c1sccc1N.Cc1cc(C)c(N2CCOCC2)c(C)c1CC(=O)c1sccc1NS(=O)(=O)c1ccc(F)c(F)c1.Cc1cc(C)c(N2CCOCC2)c(C)c1CC(=O)c1sccc1[N-]S(=O)(=O)c1ccc(F)c(F)c1.Cc1cc(C)c(N2CCOCC2)c(C)c1N.O=S(=O)(Cl)c1ccc(F)c(F)c1.[Na+]. The molecule has 11 aromatic rings. The van der Waals surface area contributed by atoms with Crippen molar-refractivity contribution in [1.82, 2.24) is 0 Å². The molecule has 136 heavy (non-hydrogen) atoms. The smallest absolute Gasteiger partial charge is 0.571 e. The third kappa shape index (κ3) is 28.9. The zero-order valence-electron chi connectivity index (χ0n) is 78.1. The van der Waals surface area contributed by atoms with Crippen molar-refractivity contribution in [2.24, 2.45) is 0 Å². The fourth-order valence-corrected chi connectivity index (χ4v) is 22.1. The molecule has 25 nitrogen and oxygen atoms in total. The molecule has 4 fully saturated rings. The summed E-state index contributed by atoms with van der Waals surface area (Å²) in [5, 5.41) is 14.1. The summed E-state index contributed by atoms with van der Waals surface area (Å²) in [7, 11) is -6.33. The summed E-state index contributed by atoms with van der Waals surface area (Å²) < 4.78 is 183. The summed E-state index contributed by atoms with van der Waals surface area (Å²) in [6, 6.07) is 23.3. The topological polar surface area (TPSA) is 358 Å². The van der Waals surface area contributed by atoms with Crippen LogP contribution in [-0.2, 0) is 72.0 Å². The Labute approximate surface area is 833 Å². The summed E-state index contributed by atoms with van der Waals surface area (Å²) in [5.41, 5.74) is 40.8. The van der Waals surface area contributed by atoms with E-state index < -0.39 is 78.7 Å². The van der Waals surface area contributed by atoms with Gasteiger partial charge in [-0.05, 0) is 261 Å². The molecular weight excluding hydrogens is 1930 g/mol. The van der Waals surface area contributed by atoms with Crippen LogP contribution in [0.2, 0.25) is 0 Å². The Bertz CT molecular complexity index is 6320. The van der Waals surface area contributed by atoms with Crippen LogP contribution in [0.25, 0.3) is 4.72 Å². The number of ether oxygens (including phenoxy) is 5. The number of benzene rings is 7. The van der Waals surface area contributed by atoms with Gasteiger partial charge in [0.05, 0.1) is 112 Å². The van der Waals surface area contributed by atoms with Crippen LogP contribution < -0.4 is 71.1 Å². The minimum atomic E-state index is -4.34. The van der Waals surface area contributed by atoms with Crippen LogP contribution in [0.3, 0.4) is 0 Å². The van der Waals surface area contributed by atoms with Gasteiger partial charge in [-0.25, -0.2) is 56.4 Å². The molecule has 0 spiro atoms. The normalized spacial score (nSPS) is 13.7. The Morgan fingerprint density at radius 2 is 0.735 bits per heavy atom. The van der Waals surface area contributed by atoms with Crippen molar-refractivity contribution in [3.05, 3.63) is 267 Å². The average molecular weight is 2040 g/mol. The number of hydrogen-bond donors (Lipinski definition) is 4. The molecule has 4 saturated heterocycles. The molecule has 0 aliphatic carbocycles. The number of thiophene rings is 4. The fourth-order valence-electron chi connectivity index (χ4n) is 16.1. The number of anilines is 8. The Kier molecular flexibility index (Phi) is 41.4. The summed E-state index contributed by atoms with van der Waals surface area (Å²) in [6.07, 6.45) is 0.596. The second-order valence-corrected chi connectivity index (χ2v) is 41.3. The number of morpholine rings is 4. The number of halogens is 7.